The van der Waals surface area contributed by atoms with Crippen LogP contribution in [0.1, 0.15) is 52.5 Å². The number of aliphatic hydroxyl groups is 1. The Bertz CT molecular complexity index is 627. The van der Waals surface area contributed by atoms with Crippen LogP contribution < -0.4 is 10.6 Å². The fourth-order valence-electron chi connectivity index (χ4n) is 2.79. The molecule has 7 heteroatoms. The molecule has 1 aromatic rings. The first kappa shape index (κ1) is 24.8. The van der Waals surface area contributed by atoms with E-state index in [2.05, 4.69) is 15.6 Å². The highest BCUT2D eigenvalue weighted by Crippen LogP contribution is 2.14. The van der Waals surface area contributed by atoms with Gasteiger partial charge in [-0.05, 0) is 46.6 Å². The molecule has 7 nitrogen and oxygen atoms in total. The first-order valence-corrected chi connectivity index (χ1v) is 10.3. The molecule has 3 N–H and O–H groups in total. The van der Waals surface area contributed by atoms with Gasteiger partial charge in [-0.3, -0.25) is 4.99 Å². The smallest absolute Gasteiger partial charge is 0.410 e. The summed E-state index contributed by atoms with van der Waals surface area (Å²) in [5, 5.41) is 16.2. The predicted octanol–water partition coefficient (Wildman–Crippen LogP) is 2.96. The number of aliphatic imine (C=N–C) groups is 1. The third-order valence-electron chi connectivity index (χ3n) is 4.35. The zero-order valence-electron chi connectivity index (χ0n) is 18.7. The van der Waals surface area contributed by atoms with Crippen LogP contribution in [-0.2, 0) is 4.74 Å². The lowest BCUT2D eigenvalue weighted by molar-refractivity contribution is 0.0190. The SMILES string of the molecule is CN=C(NCCCN(C(=O)OC(C)(C)C)C(C)C)NCC(CO)c1ccccc1. The van der Waals surface area contributed by atoms with Gasteiger partial charge < -0.3 is 25.4 Å². The molecule has 0 radical (unpaired) electrons. The van der Waals surface area contributed by atoms with Gasteiger partial charge in [0.25, 0.3) is 0 Å². The highest BCUT2D eigenvalue weighted by molar-refractivity contribution is 5.79. The van der Waals surface area contributed by atoms with Gasteiger partial charge in [0.1, 0.15) is 5.60 Å². The molecule has 1 atom stereocenters. The van der Waals surface area contributed by atoms with E-state index in [4.69, 9.17) is 4.74 Å². The van der Waals surface area contributed by atoms with Gasteiger partial charge in [-0.15, -0.1) is 0 Å². The topological polar surface area (TPSA) is 86.2 Å². The zero-order valence-corrected chi connectivity index (χ0v) is 18.7. The number of hydrogen-bond acceptors (Lipinski definition) is 4. The van der Waals surface area contributed by atoms with Gasteiger partial charge in [0.05, 0.1) is 6.61 Å². The van der Waals surface area contributed by atoms with Crippen molar-refractivity contribution >= 4 is 12.1 Å². The fourth-order valence-corrected chi connectivity index (χ4v) is 2.79. The number of nitrogens with zero attached hydrogens (tertiary/aromatic N) is 2. The number of aliphatic hydroxyl groups excluding tert-OH is 1. The average Bonchev–Trinajstić information content (AvgIpc) is 2.65. The summed E-state index contributed by atoms with van der Waals surface area (Å²) in [5.41, 5.74) is 0.582. The summed E-state index contributed by atoms with van der Waals surface area (Å²) in [4.78, 5) is 18.3. The minimum Gasteiger partial charge on any atom is -0.444 e. The molecule has 0 spiro atoms. The summed E-state index contributed by atoms with van der Waals surface area (Å²) in [7, 11) is 1.72. The Morgan fingerprint density at radius 3 is 2.38 bits per heavy atom. The first-order valence-electron chi connectivity index (χ1n) is 10.3. The van der Waals surface area contributed by atoms with Crippen molar-refractivity contribution in [1.29, 1.82) is 0 Å². The zero-order chi connectivity index (χ0) is 21.9. The summed E-state index contributed by atoms with van der Waals surface area (Å²) in [6.45, 7) is 11.5. The van der Waals surface area contributed by atoms with Gasteiger partial charge in [-0.2, -0.15) is 0 Å². The summed E-state index contributed by atoms with van der Waals surface area (Å²) in [5.74, 6) is 0.672. The van der Waals surface area contributed by atoms with E-state index < -0.39 is 5.60 Å². The minimum atomic E-state index is -0.504. The molecule has 1 amide bonds. The van der Waals surface area contributed by atoms with Crippen molar-refractivity contribution in [3.63, 3.8) is 0 Å². The maximum absolute atomic E-state index is 12.4. The third kappa shape index (κ3) is 9.65. The van der Waals surface area contributed by atoms with E-state index in [0.717, 1.165) is 12.0 Å². The Kier molecular flexibility index (Phi) is 10.5. The molecule has 0 aliphatic rings. The lowest BCUT2D eigenvalue weighted by Gasteiger charge is -2.30. The molecule has 0 bridgehead atoms. The van der Waals surface area contributed by atoms with Crippen LogP contribution in [0.3, 0.4) is 0 Å². The van der Waals surface area contributed by atoms with Crippen molar-refractivity contribution in [3.05, 3.63) is 35.9 Å². The van der Waals surface area contributed by atoms with Crippen molar-refractivity contribution in [2.75, 3.05) is 33.3 Å². The number of rotatable bonds is 9. The normalized spacial score (nSPS) is 13.2. The molecule has 0 aromatic heterocycles. The second kappa shape index (κ2) is 12.3. The quantitative estimate of drug-likeness (QED) is 0.333. The van der Waals surface area contributed by atoms with Crippen LogP contribution in [0.2, 0.25) is 0 Å². The van der Waals surface area contributed by atoms with Crippen molar-refractivity contribution in [2.45, 2.75) is 58.6 Å². The number of guanidine groups is 1. The van der Waals surface area contributed by atoms with Gasteiger partial charge in [0, 0.05) is 38.6 Å². The number of nitrogens with one attached hydrogen (secondary N) is 2. The van der Waals surface area contributed by atoms with E-state index in [1.165, 1.54) is 0 Å². The number of carbonyl (C=O) groups is 1. The molecule has 0 heterocycles. The number of ether oxygens (including phenoxy) is 1. The van der Waals surface area contributed by atoms with Gasteiger partial charge in [-0.25, -0.2) is 4.79 Å². The summed E-state index contributed by atoms with van der Waals surface area (Å²) < 4.78 is 5.49. The van der Waals surface area contributed by atoms with Crippen molar-refractivity contribution in [3.8, 4) is 0 Å². The lowest BCUT2D eigenvalue weighted by atomic mass is 10.0. The van der Waals surface area contributed by atoms with Crippen LogP contribution >= 0.6 is 0 Å². The van der Waals surface area contributed by atoms with Gasteiger partial charge in [0.2, 0.25) is 0 Å². The summed E-state index contributed by atoms with van der Waals surface area (Å²) >= 11 is 0. The van der Waals surface area contributed by atoms with Gasteiger partial charge in [-0.1, -0.05) is 30.3 Å². The Balaban J connectivity index is 2.45. The third-order valence-corrected chi connectivity index (χ3v) is 4.35. The van der Waals surface area contributed by atoms with Gasteiger partial charge in [0.15, 0.2) is 5.96 Å². The fraction of sp³-hybridized carbons (Fsp3) is 0.636. The van der Waals surface area contributed by atoms with E-state index in [9.17, 15) is 9.90 Å². The van der Waals surface area contributed by atoms with Crippen molar-refractivity contribution in [1.82, 2.24) is 15.5 Å². The summed E-state index contributed by atoms with van der Waals surface area (Å²) in [6.07, 6.45) is 0.476. The number of hydrogen-bond donors (Lipinski definition) is 3. The van der Waals surface area contributed by atoms with Crippen LogP contribution in [-0.4, -0.2) is 67.0 Å². The largest absolute Gasteiger partial charge is 0.444 e. The molecule has 0 saturated heterocycles. The monoisotopic (exact) mass is 406 g/mol. The second-order valence-electron chi connectivity index (χ2n) is 8.29. The Morgan fingerprint density at radius 1 is 1.21 bits per heavy atom. The number of carbonyl (C=O) groups excluding carboxylic acids is 1. The maximum Gasteiger partial charge on any atom is 0.410 e. The number of amides is 1. The van der Waals surface area contributed by atoms with Crippen LogP contribution in [0.4, 0.5) is 4.79 Å². The van der Waals surface area contributed by atoms with E-state index in [1.807, 2.05) is 65.0 Å². The van der Waals surface area contributed by atoms with Crippen molar-refractivity contribution in [2.24, 2.45) is 4.99 Å². The van der Waals surface area contributed by atoms with E-state index in [0.29, 0.717) is 25.6 Å². The highest BCUT2D eigenvalue weighted by Gasteiger charge is 2.23. The van der Waals surface area contributed by atoms with Crippen LogP contribution in [0, 0.1) is 0 Å². The lowest BCUT2D eigenvalue weighted by Crippen LogP contribution is -2.43. The molecule has 164 valence electrons. The van der Waals surface area contributed by atoms with Crippen LogP contribution in [0.25, 0.3) is 0 Å². The predicted molar refractivity (Wildman–Crippen MR) is 118 cm³/mol. The summed E-state index contributed by atoms with van der Waals surface area (Å²) in [6, 6.07) is 9.99. The Labute approximate surface area is 175 Å². The molecule has 0 aliphatic carbocycles. The van der Waals surface area contributed by atoms with E-state index in [1.54, 1.807) is 11.9 Å². The molecular formula is C22H38N4O3. The maximum atomic E-state index is 12.4. The molecule has 0 fully saturated rings. The molecule has 29 heavy (non-hydrogen) atoms. The van der Waals surface area contributed by atoms with Crippen molar-refractivity contribution < 1.29 is 14.6 Å². The second-order valence-corrected chi connectivity index (χ2v) is 8.29. The Morgan fingerprint density at radius 2 is 1.86 bits per heavy atom. The molecule has 0 saturated carbocycles. The van der Waals surface area contributed by atoms with E-state index in [-0.39, 0.29) is 24.7 Å². The minimum absolute atomic E-state index is 0.00153. The highest BCUT2D eigenvalue weighted by atomic mass is 16.6. The molecular weight excluding hydrogens is 368 g/mol. The van der Waals surface area contributed by atoms with Crippen LogP contribution in [0.15, 0.2) is 35.3 Å². The molecule has 1 rings (SSSR count). The average molecular weight is 407 g/mol. The molecule has 1 aromatic carbocycles. The molecule has 0 aliphatic heterocycles. The standard InChI is InChI=1S/C22H38N4O3/c1-17(2)26(21(28)29-22(3,4)5)14-10-13-24-20(23-6)25-15-19(16-27)18-11-8-7-9-12-18/h7-9,11-12,17,19,27H,10,13-16H2,1-6H3,(H2,23,24,25). The van der Waals surface area contributed by atoms with Gasteiger partial charge >= 0.3 is 6.09 Å². The molecule has 1 unspecified atom stereocenters. The van der Waals surface area contributed by atoms with Crippen LogP contribution in [0.5, 0.6) is 0 Å². The first-order chi connectivity index (χ1) is 13.7. The van der Waals surface area contributed by atoms with E-state index >= 15 is 0 Å². The Hall–Kier alpha value is -2.28. The number of benzene rings is 1.